The predicted octanol–water partition coefficient (Wildman–Crippen LogP) is 2.34. The van der Waals surface area contributed by atoms with Crippen molar-refractivity contribution in [2.24, 2.45) is 0 Å². The second kappa shape index (κ2) is 8.38. The molecule has 0 aliphatic heterocycles. The molecule has 0 radical (unpaired) electrons. The number of pyridine rings is 1. The van der Waals surface area contributed by atoms with Crippen molar-refractivity contribution in [2.45, 2.75) is 27.2 Å². The molecule has 1 amide bonds. The Labute approximate surface area is 143 Å². The van der Waals surface area contributed by atoms with Crippen molar-refractivity contribution in [2.75, 3.05) is 31.6 Å². The summed E-state index contributed by atoms with van der Waals surface area (Å²) < 4.78 is 0. The zero-order valence-corrected chi connectivity index (χ0v) is 14.9. The summed E-state index contributed by atoms with van der Waals surface area (Å²) in [6.45, 7) is 7.91. The minimum absolute atomic E-state index is 0.0470. The van der Waals surface area contributed by atoms with Gasteiger partial charge in [-0.15, -0.1) is 0 Å². The molecule has 2 aromatic heterocycles. The van der Waals surface area contributed by atoms with Crippen LogP contribution in [0.15, 0.2) is 30.6 Å². The van der Waals surface area contributed by atoms with Gasteiger partial charge in [0, 0.05) is 45.1 Å². The van der Waals surface area contributed by atoms with E-state index in [0.29, 0.717) is 24.6 Å². The molecule has 24 heavy (non-hydrogen) atoms. The molecule has 0 saturated heterocycles. The Kier molecular flexibility index (Phi) is 6.23. The smallest absolute Gasteiger partial charge is 0.272 e. The summed E-state index contributed by atoms with van der Waals surface area (Å²) in [6.07, 6.45) is 4.48. The molecule has 0 unspecified atom stereocenters. The van der Waals surface area contributed by atoms with Gasteiger partial charge in [0.2, 0.25) is 0 Å². The van der Waals surface area contributed by atoms with Crippen molar-refractivity contribution in [3.05, 3.63) is 47.7 Å². The van der Waals surface area contributed by atoms with Crippen LogP contribution in [0.3, 0.4) is 0 Å². The van der Waals surface area contributed by atoms with Crippen molar-refractivity contribution in [1.82, 2.24) is 19.9 Å². The van der Waals surface area contributed by atoms with Gasteiger partial charge >= 0.3 is 0 Å². The number of aromatic nitrogens is 3. The van der Waals surface area contributed by atoms with Crippen LogP contribution in [0.5, 0.6) is 0 Å². The van der Waals surface area contributed by atoms with Gasteiger partial charge in [-0.05, 0) is 44.9 Å². The number of nitrogens with zero attached hydrogens (tertiary/aromatic N) is 5. The molecule has 0 bridgehead atoms. The van der Waals surface area contributed by atoms with Gasteiger partial charge in [-0.1, -0.05) is 0 Å². The minimum Gasteiger partial charge on any atom is -0.359 e. The Bertz CT molecular complexity index is 670. The third kappa shape index (κ3) is 4.50. The molecule has 0 N–H and O–H groups in total. The molecular formula is C18H25N5O. The monoisotopic (exact) mass is 327 g/mol. The Hall–Kier alpha value is -2.50. The highest BCUT2D eigenvalue weighted by atomic mass is 16.2. The molecule has 2 aromatic rings. The second-order valence-electron chi connectivity index (χ2n) is 5.66. The van der Waals surface area contributed by atoms with Crippen LogP contribution >= 0.6 is 0 Å². The van der Waals surface area contributed by atoms with Crippen LogP contribution in [0.2, 0.25) is 0 Å². The lowest BCUT2D eigenvalue weighted by atomic mass is 10.2. The van der Waals surface area contributed by atoms with E-state index in [1.54, 1.807) is 23.4 Å². The van der Waals surface area contributed by atoms with E-state index < -0.39 is 0 Å². The number of amides is 1. The van der Waals surface area contributed by atoms with Gasteiger partial charge in [0.05, 0.1) is 0 Å². The van der Waals surface area contributed by atoms with E-state index in [2.05, 4.69) is 15.0 Å². The van der Waals surface area contributed by atoms with Crippen molar-refractivity contribution in [1.29, 1.82) is 0 Å². The molecule has 0 aliphatic rings. The summed E-state index contributed by atoms with van der Waals surface area (Å²) in [7, 11) is 1.98. The van der Waals surface area contributed by atoms with Crippen molar-refractivity contribution in [3.8, 4) is 0 Å². The average molecular weight is 327 g/mol. The first-order valence-electron chi connectivity index (χ1n) is 8.30. The molecule has 0 spiro atoms. The van der Waals surface area contributed by atoms with E-state index in [-0.39, 0.29) is 5.91 Å². The highest BCUT2D eigenvalue weighted by Crippen LogP contribution is 2.14. The summed E-state index contributed by atoms with van der Waals surface area (Å²) in [5.41, 5.74) is 1.68. The van der Waals surface area contributed by atoms with E-state index >= 15 is 0 Å². The van der Waals surface area contributed by atoms with Crippen molar-refractivity contribution >= 4 is 11.7 Å². The fraction of sp³-hybridized carbons (Fsp3) is 0.444. The maximum atomic E-state index is 12.5. The lowest BCUT2D eigenvalue weighted by Crippen LogP contribution is -2.32. The van der Waals surface area contributed by atoms with Gasteiger partial charge in [0.1, 0.15) is 17.3 Å². The van der Waals surface area contributed by atoms with E-state index in [9.17, 15) is 4.79 Å². The summed E-state index contributed by atoms with van der Waals surface area (Å²) in [5, 5.41) is 0. The topological polar surface area (TPSA) is 62.2 Å². The molecule has 2 heterocycles. The molecule has 6 nitrogen and oxygen atoms in total. The SMILES string of the molecule is CCN(CC)C(=O)c1cc(N(C)CCc2ccncc2)nc(C)n1. The van der Waals surface area contributed by atoms with Gasteiger partial charge in [0.25, 0.3) is 5.91 Å². The Morgan fingerprint density at radius 2 is 1.79 bits per heavy atom. The zero-order valence-electron chi connectivity index (χ0n) is 14.9. The summed E-state index contributed by atoms with van der Waals surface area (Å²) >= 11 is 0. The van der Waals surface area contributed by atoms with E-state index in [4.69, 9.17) is 0 Å². The van der Waals surface area contributed by atoms with Crippen LogP contribution in [0.4, 0.5) is 5.82 Å². The van der Waals surface area contributed by atoms with Crippen LogP contribution in [0, 0.1) is 6.92 Å². The number of carbonyl (C=O) groups excluding carboxylic acids is 1. The average Bonchev–Trinajstić information content (AvgIpc) is 2.61. The standard InChI is InChI=1S/C18H25N5O/c1-5-23(6-2)18(24)16-13-17(21-14(3)20-16)22(4)12-9-15-7-10-19-11-8-15/h7-8,10-11,13H,5-6,9,12H2,1-4H3. The number of likely N-dealkylation sites (N-methyl/N-ethyl adjacent to an activating group) is 1. The fourth-order valence-electron chi connectivity index (χ4n) is 2.49. The first kappa shape index (κ1) is 17.8. The highest BCUT2D eigenvalue weighted by Gasteiger charge is 2.17. The third-order valence-electron chi connectivity index (χ3n) is 3.97. The van der Waals surface area contributed by atoms with Crippen LogP contribution in [-0.4, -0.2) is 52.4 Å². The number of hydrogen-bond acceptors (Lipinski definition) is 5. The van der Waals surface area contributed by atoms with Gasteiger partial charge < -0.3 is 9.80 Å². The quantitative estimate of drug-likeness (QED) is 0.781. The molecule has 2 rings (SSSR count). The lowest BCUT2D eigenvalue weighted by Gasteiger charge is -2.21. The summed E-state index contributed by atoms with van der Waals surface area (Å²) in [5.74, 6) is 1.33. The van der Waals surface area contributed by atoms with E-state index in [0.717, 1.165) is 18.8 Å². The fourth-order valence-corrected chi connectivity index (χ4v) is 2.49. The Morgan fingerprint density at radius 3 is 2.42 bits per heavy atom. The third-order valence-corrected chi connectivity index (χ3v) is 3.97. The normalized spacial score (nSPS) is 10.5. The van der Waals surface area contributed by atoms with E-state index in [1.165, 1.54) is 5.56 Å². The van der Waals surface area contributed by atoms with Crippen LogP contribution in [0.25, 0.3) is 0 Å². The first-order valence-corrected chi connectivity index (χ1v) is 8.30. The predicted molar refractivity (Wildman–Crippen MR) is 95.2 cm³/mol. The molecule has 0 saturated carbocycles. The van der Waals surface area contributed by atoms with Gasteiger partial charge in [-0.25, -0.2) is 9.97 Å². The minimum atomic E-state index is -0.0470. The summed E-state index contributed by atoms with van der Waals surface area (Å²) in [6, 6.07) is 5.79. The molecule has 0 aromatic carbocycles. The van der Waals surface area contributed by atoms with Crippen LogP contribution < -0.4 is 4.90 Å². The molecule has 0 fully saturated rings. The first-order chi connectivity index (χ1) is 11.5. The zero-order chi connectivity index (χ0) is 17.5. The number of hydrogen-bond donors (Lipinski definition) is 0. The van der Waals surface area contributed by atoms with Crippen LogP contribution in [0.1, 0.15) is 35.7 Å². The number of anilines is 1. The lowest BCUT2D eigenvalue weighted by molar-refractivity contribution is 0.0766. The molecule has 0 atom stereocenters. The van der Waals surface area contributed by atoms with Crippen LogP contribution in [-0.2, 0) is 6.42 Å². The second-order valence-corrected chi connectivity index (χ2v) is 5.66. The van der Waals surface area contributed by atoms with Crippen molar-refractivity contribution < 1.29 is 4.79 Å². The van der Waals surface area contributed by atoms with E-state index in [1.807, 2.05) is 44.9 Å². The molecule has 0 aliphatic carbocycles. The number of carbonyl (C=O) groups is 1. The molecule has 6 heteroatoms. The van der Waals surface area contributed by atoms with Gasteiger partial charge in [-0.3, -0.25) is 9.78 Å². The Morgan fingerprint density at radius 1 is 1.12 bits per heavy atom. The summed E-state index contributed by atoms with van der Waals surface area (Å²) in [4.78, 5) is 29.2. The maximum Gasteiger partial charge on any atom is 0.272 e. The largest absolute Gasteiger partial charge is 0.359 e. The number of aryl methyl sites for hydroxylation is 1. The number of rotatable bonds is 7. The van der Waals surface area contributed by atoms with Gasteiger partial charge in [0.15, 0.2) is 0 Å². The molecule has 128 valence electrons. The highest BCUT2D eigenvalue weighted by molar-refractivity contribution is 5.93. The Balaban J connectivity index is 2.13. The van der Waals surface area contributed by atoms with Gasteiger partial charge in [-0.2, -0.15) is 0 Å². The molecular weight excluding hydrogens is 302 g/mol. The van der Waals surface area contributed by atoms with Crippen molar-refractivity contribution in [3.63, 3.8) is 0 Å². The maximum absolute atomic E-state index is 12.5.